The molecule has 0 aromatic heterocycles. The standard InChI is InChI=1S/C45H65N5O17.C3H8/c1-26(40(57)58)16-18-49(7)39(56)35(44(2,3)4)48-38(55)36(45(5,6)28-12-10-9-11-13-28)50(8)43(61)64-25-27-14-15-30(66-42-33(53)31(51)32(52)34(67-42)41(59)60)29(24-27)37(54)47-17-19-62-20-21-63-22-23-65-46;1-3-2/h9-16,24,31-36,42,51-53H,17-23,25,46H2,1-8H3,(H,47,54)(H,48,55)(H,57,58)(H,59,60);3H2,1-2H3/b26-16+;/t31?,32-,33+,34?,35?,36?,42?;/m0./s1. The van der Waals surface area contributed by atoms with Gasteiger partial charge in [0.05, 0.1) is 38.6 Å². The number of nitrogens with two attached hydrogens (primary N) is 1. The fourth-order valence-corrected chi connectivity index (χ4v) is 6.89. The number of carboxylic acid groups (broad SMARTS) is 2. The number of likely N-dealkylation sites (N-methyl/N-ethyl adjacent to an activating group) is 2. The van der Waals surface area contributed by atoms with Crippen molar-refractivity contribution in [1.82, 2.24) is 20.4 Å². The van der Waals surface area contributed by atoms with Crippen LogP contribution in [0.25, 0.3) is 0 Å². The highest BCUT2D eigenvalue weighted by molar-refractivity contribution is 5.97. The first kappa shape index (κ1) is 60.4. The van der Waals surface area contributed by atoms with Gasteiger partial charge in [-0.3, -0.25) is 19.3 Å². The van der Waals surface area contributed by atoms with Crippen LogP contribution in [0, 0.1) is 5.41 Å². The normalized spacial score (nSPS) is 19.1. The summed E-state index contributed by atoms with van der Waals surface area (Å²) in [7, 11) is 2.84. The maximum atomic E-state index is 14.6. The van der Waals surface area contributed by atoms with Gasteiger partial charge >= 0.3 is 18.0 Å². The number of aliphatic hydroxyl groups excluding tert-OH is 3. The molecule has 0 spiro atoms. The molecule has 1 heterocycles. The molecule has 70 heavy (non-hydrogen) atoms. The number of nitrogens with zero attached hydrogens (tertiary/aromatic N) is 2. The lowest BCUT2D eigenvalue weighted by Gasteiger charge is -2.41. The second-order valence-corrected chi connectivity index (χ2v) is 18.1. The van der Waals surface area contributed by atoms with E-state index in [0.29, 0.717) is 5.56 Å². The number of hydrogen-bond donors (Lipinski definition) is 8. The highest BCUT2D eigenvalue weighted by Gasteiger charge is 2.49. The first-order valence-electron chi connectivity index (χ1n) is 22.7. The number of carbonyl (C=O) groups is 6. The van der Waals surface area contributed by atoms with Gasteiger partial charge in [0.1, 0.15) is 42.8 Å². The van der Waals surface area contributed by atoms with Crippen LogP contribution in [0.4, 0.5) is 4.79 Å². The zero-order valence-corrected chi connectivity index (χ0v) is 41.7. The summed E-state index contributed by atoms with van der Waals surface area (Å²) in [5.74, 6) is -0.0208. The van der Waals surface area contributed by atoms with Crippen LogP contribution in [-0.2, 0) is 55.0 Å². The molecule has 1 aliphatic heterocycles. The molecule has 5 unspecified atom stereocenters. The van der Waals surface area contributed by atoms with Crippen molar-refractivity contribution >= 4 is 35.8 Å². The van der Waals surface area contributed by atoms with Gasteiger partial charge in [0.25, 0.3) is 5.91 Å². The van der Waals surface area contributed by atoms with Crippen LogP contribution < -0.4 is 21.3 Å². The van der Waals surface area contributed by atoms with Crippen LogP contribution in [-0.4, -0.2) is 174 Å². The third kappa shape index (κ3) is 17.9. The number of nitrogens with one attached hydrogen (secondary N) is 2. The SMILES string of the molecule is C/C(=C\CN(C)C(=O)C(NC(=O)C(N(C)C(=O)OCc1ccc(OC2OC(C(=O)O)[C@@H](O)C(O)[C@H]2O)c(C(=O)NCCOCCOCCON)c1)C(C)(C)c1ccccc1)C(C)(C)C)C(=O)O.CCC. The molecule has 0 saturated carbocycles. The summed E-state index contributed by atoms with van der Waals surface area (Å²) in [6.45, 7) is 14.8. The van der Waals surface area contributed by atoms with Crippen LogP contribution in [0.5, 0.6) is 5.75 Å². The van der Waals surface area contributed by atoms with E-state index in [2.05, 4.69) is 29.3 Å². The average molecular weight is 992 g/mol. The van der Waals surface area contributed by atoms with E-state index in [1.807, 2.05) is 0 Å². The van der Waals surface area contributed by atoms with Gasteiger partial charge in [-0.25, -0.2) is 20.3 Å². The molecule has 1 fully saturated rings. The van der Waals surface area contributed by atoms with E-state index in [9.17, 15) is 54.3 Å². The molecular formula is C48H73N5O17. The zero-order chi connectivity index (χ0) is 52.9. The van der Waals surface area contributed by atoms with Gasteiger partial charge < -0.3 is 69.6 Å². The summed E-state index contributed by atoms with van der Waals surface area (Å²) in [6, 6.07) is 10.4. The molecular weight excluding hydrogens is 919 g/mol. The lowest BCUT2D eigenvalue weighted by Crippen LogP contribution is -2.62. The third-order valence-electron chi connectivity index (χ3n) is 10.9. The molecule has 22 heteroatoms. The maximum Gasteiger partial charge on any atom is 0.410 e. The van der Waals surface area contributed by atoms with Crippen molar-refractivity contribution in [3.63, 3.8) is 0 Å². The topological polar surface area (TPSA) is 316 Å². The van der Waals surface area contributed by atoms with Gasteiger partial charge in [0, 0.05) is 38.2 Å². The number of aliphatic carboxylic acids is 2. The fourth-order valence-electron chi connectivity index (χ4n) is 6.89. The number of rotatable bonds is 24. The number of hydrogen-bond acceptors (Lipinski definition) is 16. The Morgan fingerprint density at radius 3 is 2.03 bits per heavy atom. The average Bonchev–Trinajstić information content (AvgIpc) is 3.31. The molecule has 2 aromatic rings. The summed E-state index contributed by atoms with van der Waals surface area (Å²) in [5.41, 5.74) is -1.22. The second kappa shape index (κ2) is 28.8. The van der Waals surface area contributed by atoms with Crippen LogP contribution in [0.3, 0.4) is 0 Å². The molecule has 1 saturated heterocycles. The monoisotopic (exact) mass is 992 g/mol. The van der Waals surface area contributed by atoms with E-state index in [4.69, 9.17) is 29.6 Å². The van der Waals surface area contributed by atoms with Crippen molar-refractivity contribution in [3.05, 3.63) is 76.9 Å². The molecule has 3 rings (SSSR count). The van der Waals surface area contributed by atoms with Gasteiger partial charge in [0.2, 0.25) is 18.1 Å². The Bertz CT molecular complexity index is 2050. The van der Waals surface area contributed by atoms with E-state index in [1.165, 1.54) is 56.6 Å². The highest BCUT2D eigenvalue weighted by atomic mass is 16.7. The summed E-state index contributed by atoms with van der Waals surface area (Å²) in [6.07, 6.45) is -8.13. The van der Waals surface area contributed by atoms with E-state index in [0.717, 1.165) is 4.90 Å². The number of benzene rings is 2. The fraction of sp³-hybridized carbons (Fsp3) is 0.583. The molecule has 2 aromatic carbocycles. The Hall–Kier alpha value is -5.72. The predicted octanol–water partition coefficient (Wildman–Crippen LogP) is 1.96. The van der Waals surface area contributed by atoms with E-state index < -0.39 is 96.0 Å². The van der Waals surface area contributed by atoms with Crippen molar-refractivity contribution in [2.45, 2.75) is 117 Å². The minimum absolute atomic E-state index is 0.0111. The zero-order valence-electron chi connectivity index (χ0n) is 41.7. The minimum atomic E-state index is -2.00. The summed E-state index contributed by atoms with van der Waals surface area (Å²) < 4.78 is 27.5. The Balaban J connectivity index is 0.00000545. The van der Waals surface area contributed by atoms with Crippen molar-refractivity contribution < 1.29 is 82.8 Å². The first-order valence-corrected chi connectivity index (χ1v) is 22.7. The number of carbonyl (C=O) groups excluding carboxylic acids is 4. The Kier molecular flexibility index (Phi) is 24.9. The van der Waals surface area contributed by atoms with Crippen LogP contribution in [0.15, 0.2) is 60.2 Å². The molecule has 7 atom stereocenters. The molecule has 22 nitrogen and oxygen atoms in total. The number of amides is 4. The summed E-state index contributed by atoms with van der Waals surface area (Å²) in [4.78, 5) is 86.0. The lowest BCUT2D eigenvalue weighted by atomic mass is 9.76. The predicted molar refractivity (Wildman–Crippen MR) is 253 cm³/mol. The quantitative estimate of drug-likeness (QED) is 0.0423. The van der Waals surface area contributed by atoms with Gasteiger partial charge in [-0.1, -0.05) is 97.4 Å². The molecule has 1 aliphatic rings. The second-order valence-electron chi connectivity index (χ2n) is 18.1. The number of ether oxygens (including phenoxy) is 5. The van der Waals surface area contributed by atoms with Gasteiger partial charge in [-0.15, -0.1) is 0 Å². The molecule has 392 valence electrons. The number of aliphatic hydroxyl groups is 3. The van der Waals surface area contributed by atoms with E-state index in [-0.39, 0.29) is 68.6 Å². The van der Waals surface area contributed by atoms with Crippen molar-refractivity contribution in [1.29, 1.82) is 0 Å². The van der Waals surface area contributed by atoms with Crippen LogP contribution in [0.2, 0.25) is 0 Å². The summed E-state index contributed by atoms with van der Waals surface area (Å²) in [5, 5.41) is 55.5. The van der Waals surface area contributed by atoms with E-state index >= 15 is 0 Å². The Morgan fingerprint density at radius 2 is 1.46 bits per heavy atom. The molecule has 0 bridgehead atoms. The number of carboxylic acids is 2. The largest absolute Gasteiger partial charge is 0.479 e. The first-order chi connectivity index (χ1) is 32.8. The maximum absolute atomic E-state index is 14.6. The van der Waals surface area contributed by atoms with Crippen LogP contribution in [0.1, 0.15) is 83.3 Å². The van der Waals surface area contributed by atoms with E-state index in [1.54, 1.807) is 65.0 Å². The molecule has 0 aliphatic carbocycles. The van der Waals surface area contributed by atoms with Crippen molar-refractivity contribution in [2.75, 3.05) is 60.2 Å². The Labute approximate surface area is 408 Å². The highest BCUT2D eigenvalue weighted by Crippen LogP contribution is 2.33. The molecule has 9 N–H and O–H groups in total. The smallest absolute Gasteiger partial charge is 0.410 e. The van der Waals surface area contributed by atoms with Gasteiger partial charge in [-0.05, 0) is 35.6 Å². The van der Waals surface area contributed by atoms with Crippen molar-refractivity contribution in [3.8, 4) is 5.75 Å². The van der Waals surface area contributed by atoms with Gasteiger partial charge in [-0.2, -0.15) is 0 Å². The Morgan fingerprint density at radius 1 is 0.857 bits per heavy atom. The van der Waals surface area contributed by atoms with Crippen molar-refractivity contribution in [2.24, 2.45) is 11.3 Å². The minimum Gasteiger partial charge on any atom is -0.479 e. The molecule has 4 amide bonds. The molecule has 0 radical (unpaired) electrons. The van der Waals surface area contributed by atoms with Gasteiger partial charge in [0.15, 0.2) is 6.10 Å². The third-order valence-corrected chi connectivity index (χ3v) is 10.9. The summed E-state index contributed by atoms with van der Waals surface area (Å²) >= 11 is 0. The van der Waals surface area contributed by atoms with Crippen LogP contribution >= 0.6 is 0 Å². The lowest BCUT2D eigenvalue weighted by molar-refractivity contribution is -0.271.